The molecule has 3 heteroatoms. The van der Waals surface area contributed by atoms with Crippen molar-refractivity contribution in [2.75, 3.05) is 31.1 Å². The molecular formula is C19H22N2O. The van der Waals surface area contributed by atoms with Crippen LogP contribution in [0.2, 0.25) is 0 Å². The van der Waals surface area contributed by atoms with E-state index in [-0.39, 0.29) is 0 Å². The predicted molar refractivity (Wildman–Crippen MR) is 89.3 cm³/mol. The van der Waals surface area contributed by atoms with Gasteiger partial charge in [-0.05, 0) is 29.5 Å². The van der Waals surface area contributed by atoms with Gasteiger partial charge in [-0.1, -0.05) is 36.4 Å². The van der Waals surface area contributed by atoms with E-state index in [2.05, 4.69) is 40.5 Å². The standard InChI is InChI=1S/C19H22N2O/c1-2-5-15(6-3-1)14-22-19-8-4-7-18(9-19)21-12-16-10-20-11-17(16)13-21/h1-9,16-17,20H,10-14H2. The lowest BCUT2D eigenvalue weighted by molar-refractivity contribution is 0.306. The zero-order valence-electron chi connectivity index (χ0n) is 12.7. The number of fused-ring (bicyclic) bond motifs is 1. The molecule has 2 unspecified atom stereocenters. The van der Waals surface area contributed by atoms with Crippen molar-refractivity contribution in [1.29, 1.82) is 0 Å². The molecule has 0 spiro atoms. The molecule has 0 saturated carbocycles. The fourth-order valence-electron chi connectivity index (χ4n) is 3.58. The Kier molecular flexibility index (Phi) is 3.73. The highest BCUT2D eigenvalue weighted by atomic mass is 16.5. The Labute approximate surface area is 131 Å². The van der Waals surface area contributed by atoms with E-state index >= 15 is 0 Å². The summed E-state index contributed by atoms with van der Waals surface area (Å²) in [7, 11) is 0. The highest BCUT2D eigenvalue weighted by Gasteiger charge is 2.36. The maximum atomic E-state index is 5.95. The van der Waals surface area contributed by atoms with E-state index < -0.39 is 0 Å². The van der Waals surface area contributed by atoms with Crippen molar-refractivity contribution in [2.45, 2.75) is 6.61 Å². The molecular weight excluding hydrogens is 272 g/mol. The first-order chi connectivity index (χ1) is 10.9. The molecule has 114 valence electrons. The largest absolute Gasteiger partial charge is 0.489 e. The van der Waals surface area contributed by atoms with Crippen molar-refractivity contribution in [3.05, 3.63) is 60.2 Å². The molecule has 0 radical (unpaired) electrons. The molecule has 4 rings (SSSR count). The number of nitrogens with one attached hydrogen (secondary N) is 1. The molecule has 22 heavy (non-hydrogen) atoms. The molecule has 2 saturated heterocycles. The highest BCUT2D eigenvalue weighted by molar-refractivity contribution is 5.52. The van der Waals surface area contributed by atoms with Crippen LogP contribution < -0.4 is 15.0 Å². The Morgan fingerprint density at radius 2 is 1.73 bits per heavy atom. The maximum Gasteiger partial charge on any atom is 0.121 e. The first-order valence-electron chi connectivity index (χ1n) is 8.11. The number of rotatable bonds is 4. The highest BCUT2D eigenvalue weighted by Crippen LogP contribution is 2.32. The van der Waals surface area contributed by atoms with Crippen molar-refractivity contribution in [2.24, 2.45) is 11.8 Å². The molecule has 2 aliphatic heterocycles. The van der Waals surface area contributed by atoms with Crippen molar-refractivity contribution in [1.82, 2.24) is 5.32 Å². The molecule has 0 aliphatic carbocycles. The first kappa shape index (κ1) is 13.6. The van der Waals surface area contributed by atoms with Crippen LogP contribution in [0.15, 0.2) is 54.6 Å². The molecule has 2 aliphatic rings. The monoisotopic (exact) mass is 294 g/mol. The van der Waals surface area contributed by atoms with Gasteiger partial charge in [0, 0.05) is 37.9 Å². The Morgan fingerprint density at radius 1 is 0.955 bits per heavy atom. The summed E-state index contributed by atoms with van der Waals surface area (Å²) in [6, 6.07) is 18.8. The summed E-state index contributed by atoms with van der Waals surface area (Å²) < 4.78 is 5.95. The summed E-state index contributed by atoms with van der Waals surface area (Å²) in [6.45, 7) is 5.30. The smallest absolute Gasteiger partial charge is 0.121 e. The van der Waals surface area contributed by atoms with Crippen molar-refractivity contribution in [3.8, 4) is 5.75 Å². The Morgan fingerprint density at radius 3 is 2.50 bits per heavy atom. The van der Waals surface area contributed by atoms with Gasteiger partial charge in [0.15, 0.2) is 0 Å². The predicted octanol–water partition coefficient (Wildman–Crippen LogP) is 2.92. The second-order valence-corrected chi connectivity index (χ2v) is 6.36. The average Bonchev–Trinajstić information content (AvgIpc) is 3.16. The number of anilines is 1. The Hall–Kier alpha value is -2.00. The normalized spacial score (nSPS) is 23.5. The van der Waals surface area contributed by atoms with Crippen molar-refractivity contribution >= 4 is 5.69 Å². The van der Waals surface area contributed by atoms with Gasteiger partial charge in [-0.25, -0.2) is 0 Å². The third-order valence-corrected chi connectivity index (χ3v) is 4.82. The maximum absolute atomic E-state index is 5.95. The van der Waals surface area contributed by atoms with Crippen LogP contribution in [-0.2, 0) is 6.61 Å². The summed E-state index contributed by atoms with van der Waals surface area (Å²) in [5, 5.41) is 3.49. The lowest BCUT2D eigenvalue weighted by Gasteiger charge is -2.20. The van der Waals surface area contributed by atoms with Gasteiger partial charge < -0.3 is 15.0 Å². The van der Waals surface area contributed by atoms with Crippen LogP contribution in [0, 0.1) is 11.8 Å². The van der Waals surface area contributed by atoms with Gasteiger partial charge in [0.05, 0.1) is 0 Å². The lowest BCUT2D eigenvalue weighted by Crippen LogP contribution is -2.25. The van der Waals surface area contributed by atoms with E-state index in [9.17, 15) is 0 Å². The third-order valence-electron chi connectivity index (χ3n) is 4.82. The fourth-order valence-corrected chi connectivity index (χ4v) is 3.58. The molecule has 0 amide bonds. The molecule has 3 nitrogen and oxygen atoms in total. The van der Waals surface area contributed by atoms with E-state index in [0.29, 0.717) is 6.61 Å². The van der Waals surface area contributed by atoms with Gasteiger partial charge in [-0.3, -0.25) is 0 Å². The molecule has 0 bridgehead atoms. The molecule has 2 aromatic carbocycles. The minimum absolute atomic E-state index is 0.624. The number of hydrogen-bond acceptors (Lipinski definition) is 3. The Balaban J connectivity index is 1.42. The SMILES string of the molecule is c1ccc(COc2cccc(N3CC4CNCC4C3)c2)cc1. The minimum Gasteiger partial charge on any atom is -0.489 e. The summed E-state index contributed by atoms with van der Waals surface area (Å²) >= 11 is 0. The second kappa shape index (κ2) is 6.01. The zero-order valence-corrected chi connectivity index (χ0v) is 12.7. The fraction of sp³-hybridized carbons (Fsp3) is 0.368. The van der Waals surface area contributed by atoms with Crippen molar-refractivity contribution < 1.29 is 4.74 Å². The first-order valence-corrected chi connectivity index (χ1v) is 8.11. The quantitative estimate of drug-likeness (QED) is 0.938. The summed E-state index contributed by atoms with van der Waals surface area (Å²) in [5.41, 5.74) is 2.50. The molecule has 2 aromatic rings. The zero-order chi connectivity index (χ0) is 14.8. The summed E-state index contributed by atoms with van der Waals surface area (Å²) in [5.74, 6) is 2.58. The van der Waals surface area contributed by atoms with Gasteiger partial charge in [0.2, 0.25) is 0 Å². The average molecular weight is 294 g/mol. The van der Waals surface area contributed by atoms with Gasteiger partial charge in [-0.15, -0.1) is 0 Å². The van der Waals surface area contributed by atoms with Gasteiger partial charge in [0.1, 0.15) is 12.4 Å². The molecule has 1 N–H and O–H groups in total. The van der Waals surface area contributed by atoms with Crippen LogP contribution in [0.4, 0.5) is 5.69 Å². The van der Waals surface area contributed by atoms with Crippen LogP contribution in [-0.4, -0.2) is 26.2 Å². The number of hydrogen-bond donors (Lipinski definition) is 1. The molecule has 0 aromatic heterocycles. The van der Waals surface area contributed by atoms with Crippen LogP contribution in [0.3, 0.4) is 0 Å². The van der Waals surface area contributed by atoms with E-state index in [1.54, 1.807) is 0 Å². The van der Waals surface area contributed by atoms with E-state index in [0.717, 1.165) is 17.6 Å². The van der Waals surface area contributed by atoms with Crippen molar-refractivity contribution in [3.63, 3.8) is 0 Å². The van der Waals surface area contributed by atoms with Gasteiger partial charge >= 0.3 is 0 Å². The van der Waals surface area contributed by atoms with E-state index in [1.165, 1.54) is 37.4 Å². The summed E-state index contributed by atoms with van der Waals surface area (Å²) in [6.07, 6.45) is 0. The number of nitrogens with zero attached hydrogens (tertiary/aromatic N) is 1. The van der Waals surface area contributed by atoms with Crippen LogP contribution in [0.5, 0.6) is 5.75 Å². The van der Waals surface area contributed by atoms with E-state index in [1.807, 2.05) is 24.3 Å². The second-order valence-electron chi connectivity index (χ2n) is 6.36. The Bertz CT molecular complexity index is 616. The number of benzene rings is 2. The van der Waals surface area contributed by atoms with Crippen LogP contribution in [0.1, 0.15) is 5.56 Å². The lowest BCUT2D eigenvalue weighted by atomic mass is 10.0. The molecule has 2 atom stereocenters. The minimum atomic E-state index is 0.624. The third kappa shape index (κ3) is 2.81. The molecule has 2 fully saturated rings. The van der Waals surface area contributed by atoms with Gasteiger partial charge in [-0.2, -0.15) is 0 Å². The molecule has 2 heterocycles. The van der Waals surface area contributed by atoms with Gasteiger partial charge in [0.25, 0.3) is 0 Å². The number of ether oxygens (including phenoxy) is 1. The van der Waals surface area contributed by atoms with Crippen LogP contribution in [0.25, 0.3) is 0 Å². The van der Waals surface area contributed by atoms with E-state index in [4.69, 9.17) is 4.74 Å². The van der Waals surface area contributed by atoms with Crippen LogP contribution >= 0.6 is 0 Å². The summed E-state index contributed by atoms with van der Waals surface area (Å²) in [4.78, 5) is 2.51. The topological polar surface area (TPSA) is 24.5 Å².